The number of aliphatic hydroxyl groups excluding tert-OH is 1. The molecule has 0 bridgehead atoms. The molecule has 0 radical (unpaired) electrons. The van der Waals surface area contributed by atoms with Gasteiger partial charge in [0.25, 0.3) is 5.91 Å². The molecule has 0 spiro atoms. The summed E-state index contributed by atoms with van der Waals surface area (Å²) in [5.74, 6) is -0.288. The van der Waals surface area contributed by atoms with E-state index in [0.717, 1.165) is 67.2 Å². The molecule has 1 aliphatic rings. The van der Waals surface area contributed by atoms with E-state index in [0.29, 0.717) is 5.75 Å². The average molecular weight is 551 g/mol. The number of nitrogens with one attached hydrogen (secondary N) is 2. The van der Waals surface area contributed by atoms with Crippen LogP contribution in [-0.2, 0) is 16.4 Å². The number of aliphatic hydroxyl groups is 1. The van der Waals surface area contributed by atoms with E-state index in [2.05, 4.69) is 22.2 Å². The maximum absolute atomic E-state index is 12.7. The smallest absolute Gasteiger partial charge is 0.268 e. The van der Waals surface area contributed by atoms with Crippen molar-refractivity contribution in [1.29, 1.82) is 0 Å². The molecule has 7 nitrogen and oxygen atoms in total. The summed E-state index contributed by atoms with van der Waals surface area (Å²) in [7, 11) is -3.69. The summed E-state index contributed by atoms with van der Waals surface area (Å²) in [4.78, 5) is 12.7. The van der Waals surface area contributed by atoms with Crippen LogP contribution in [0.5, 0.6) is 5.75 Å². The first-order valence-electron chi connectivity index (χ1n) is 13.6. The van der Waals surface area contributed by atoms with E-state index in [9.17, 15) is 18.3 Å². The molecule has 2 atom stereocenters. The second kappa shape index (κ2) is 13.2. The summed E-state index contributed by atoms with van der Waals surface area (Å²) in [6, 6.07) is 23.1. The summed E-state index contributed by atoms with van der Waals surface area (Å²) < 4.78 is 31.6. The number of hydrogen-bond donors (Lipinski definition) is 3. The highest BCUT2D eigenvalue weighted by Crippen LogP contribution is 2.31. The van der Waals surface area contributed by atoms with Crippen LogP contribution < -0.4 is 14.8 Å². The first-order chi connectivity index (χ1) is 18.7. The third kappa shape index (κ3) is 8.39. The Morgan fingerprint density at radius 1 is 0.974 bits per heavy atom. The lowest BCUT2D eigenvalue weighted by Gasteiger charge is -2.24. The van der Waals surface area contributed by atoms with Gasteiger partial charge in [0, 0.05) is 6.04 Å². The van der Waals surface area contributed by atoms with E-state index in [1.807, 2.05) is 61.5 Å². The zero-order chi connectivity index (χ0) is 27.8. The Morgan fingerprint density at radius 3 is 2.31 bits per heavy atom. The Labute approximate surface area is 231 Å². The lowest BCUT2D eigenvalue weighted by Crippen LogP contribution is -2.33. The van der Waals surface area contributed by atoms with E-state index in [1.54, 1.807) is 6.07 Å². The molecule has 4 rings (SSSR count). The van der Waals surface area contributed by atoms with E-state index < -0.39 is 22.0 Å². The Morgan fingerprint density at radius 2 is 1.64 bits per heavy atom. The van der Waals surface area contributed by atoms with Gasteiger partial charge in [-0.15, -0.1) is 0 Å². The molecular formula is C31H38N2O5S. The SMILES string of the molecule is C[C@H](NCCc1ccc(-c2ccc(C(=O)NS(C)(=O)=O)c(OC3CCCCC3)c2)cc1)[C@@H](O)c1ccccc1. The topological polar surface area (TPSA) is 105 Å². The van der Waals surface area contributed by atoms with Crippen molar-refractivity contribution in [1.82, 2.24) is 10.0 Å². The number of carbonyl (C=O) groups is 1. The number of hydrogen-bond acceptors (Lipinski definition) is 6. The predicted octanol–water partition coefficient (Wildman–Crippen LogP) is 5.01. The maximum Gasteiger partial charge on any atom is 0.268 e. The molecule has 0 heterocycles. The molecule has 1 aliphatic carbocycles. The van der Waals surface area contributed by atoms with Crippen molar-refractivity contribution < 1.29 is 23.1 Å². The van der Waals surface area contributed by atoms with E-state index in [1.165, 1.54) is 6.42 Å². The molecule has 208 valence electrons. The van der Waals surface area contributed by atoms with Gasteiger partial charge in [0.2, 0.25) is 10.0 Å². The lowest BCUT2D eigenvalue weighted by atomic mass is 9.97. The van der Waals surface area contributed by atoms with Crippen LogP contribution in [0.3, 0.4) is 0 Å². The van der Waals surface area contributed by atoms with Crippen molar-refractivity contribution in [3.05, 3.63) is 89.5 Å². The standard InChI is InChI=1S/C31H38N2O5S/c1-22(30(34)25-9-5-3-6-10-25)32-20-19-23-13-15-24(16-14-23)26-17-18-28(31(35)33-39(2,36)37)29(21-26)38-27-11-7-4-8-12-27/h3,5-6,9-10,13-18,21-22,27,30,32,34H,4,7-8,11-12,19-20H2,1-2H3,(H,33,35)/t22-,30+/m0/s1. The van der Waals surface area contributed by atoms with Crippen LogP contribution in [-0.4, -0.2) is 44.4 Å². The van der Waals surface area contributed by atoms with Crippen LogP contribution in [0.1, 0.15) is 66.6 Å². The first-order valence-corrected chi connectivity index (χ1v) is 15.5. The molecule has 1 fully saturated rings. The van der Waals surface area contributed by atoms with E-state index in [4.69, 9.17) is 4.74 Å². The normalized spacial score (nSPS) is 15.9. The van der Waals surface area contributed by atoms with Crippen LogP contribution in [0.4, 0.5) is 0 Å². The van der Waals surface area contributed by atoms with Crippen LogP contribution in [0.2, 0.25) is 0 Å². The molecule has 8 heteroatoms. The van der Waals surface area contributed by atoms with Crippen molar-refractivity contribution in [3.63, 3.8) is 0 Å². The van der Waals surface area contributed by atoms with E-state index in [-0.39, 0.29) is 17.7 Å². The van der Waals surface area contributed by atoms with Crippen LogP contribution in [0.25, 0.3) is 11.1 Å². The lowest BCUT2D eigenvalue weighted by molar-refractivity contribution is 0.0969. The molecule has 3 aromatic rings. The fourth-order valence-corrected chi connectivity index (χ4v) is 5.38. The third-order valence-corrected chi connectivity index (χ3v) is 7.69. The minimum atomic E-state index is -3.69. The van der Waals surface area contributed by atoms with Gasteiger partial charge in [0.15, 0.2) is 0 Å². The average Bonchev–Trinajstić information content (AvgIpc) is 2.93. The number of benzene rings is 3. The highest BCUT2D eigenvalue weighted by molar-refractivity contribution is 7.89. The third-order valence-electron chi connectivity index (χ3n) is 7.13. The van der Waals surface area contributed by atoms with Crippen molar-refractivity contribution in [2.24, 2.45) is 0 Å². The fraction of sp³-hybridized carbons (Fsp3) is 0.387. The number of sulfonamides is 1. The summed E-state index contributed by atoms with van der Waals surface area (Å²) in [5.41, 5.74) is 4.14. The van der Waals surface area contributed by atoms with Gasteiger partial charge in [-0.2, -0.15) is 0 Å². The predicted molar refractivity (Wildman–Crippen MR) is 154 cm³/mol. The van der Waals surface area contributed by atoms with Crippen LogP contribution in [0, 0.1) is 0 Å². The molecule has 1 saturated carbocycles. The van der Waals surface area contributed by atoms with Crippen LogP contribution >= 0.6 is 0 Å². The molecule has 0 unspecified atom stereocenters. The van der Waals surface area contributed by atoms with Crippen LogP contribution in [0.15, 0.2) is 72.8 Å². The molecule has 0 aromatic heterocycles. The molecule has 0 saturated heterocycles. The molecule has 1 amide bonds. The molecular weight excluding hydrogens is 512 g/mol. The number of rotatable bonds is 11. The highest BCUT2D eigenvalue weighted by Gasteiger charge is 2.22. The summed E-state index contributed by atoms with van der Waals surface area (Å²) in [6.07, 6.45) is 6.39. The van der Waals surface area contributed by atoms with Crippen molar-refractivity contribution in [3.8, 4) is 16.9 Å². The van der Waals surface area contributed by atoms with Gasteiger partial charge >= 0.3 is 0 Å². The second-order valence-electron chi connectivity index (χ2n) is 10.3. The zero-order valence-electron chi connectivity index (χ0n) is 22.6. The fourth-order valence-electron chi connectivity index (χ4n) is 4.93. The molecule has 3 aromatic carbocycles. The maximum atomic E-state index is 12.7. The number of ether oxygens (including phenoxy) is 1. The minimum Gasteiger partial charge on any atom is -0.490 e. The number of carbonyl (C=O) groups excluding carboxylic acids is 1. The second-order valence-corrected chi connectivity index (χ2v) is 12.1. The Hall–Kier alpha value is -3.20. The Kier molecular flexibility index (Phi) is 9.78. The van der Waals surface area contributed by atoms with Gasteiger partial charge in [0.1, 0.15) is 5.75 Å². The quantitative estimate of drug-likeness (QED) is 0.310. The van der Waals surface area contributed by atoms with Crippen molar-refractivity contribution in [2.75, 3.05) is 12.8 Å². The largest absolute Gasteiger partial charge is 0.490 e. The van der Waals surface area contributed by atoms with Gasteiger partial charge in [-0.25, -0.2) is 13.1 Å². The number of amides is 1. The summed E-state index contributed by atoms with van der Waals surface area (Å²) in [5, 5.41) is 14.0. The molecule has 39 heavy (non-hydrogen) atoms. The zero-order valence-corrected chi connectivity index (χ0v) is 23.4. The molecule has 3 N–H and O–H groups in total. The highest BCUT2D eigenvalue weighted by atomic mass is 32.2. The van der Waals surface area contributed by atoms with Gasteiger partial charge < -0.3 is 15.2 Å². The van der Waals surface area contributed by atoms with Gasteiger partial charge in [-0.1, -0.05) is 67.1 Å². The van der Waals surface area contributed by atoms with E-state index >= 15 is 0 Å². The van der Waals surface area contributed by atoms with Gasteiger partial charge in [-0.05, 0) is 80.0 Å². The van der Waals surface area contributed by atoms with Gasteiger partial charge in [-0.3, -0.25) is 4.79 Å². The minimum absolute atomic E-state index is 0.0106. The summed E-state index contributed by atoms with van der Waals surface area (Å²) in [6.45, 7) is 2.71. The van der Waals surface area contributed by atoms with Crippen molar-refractivity contribution >= 4 is 15.9 Å². The first kappa shape index (κ1) is 28.8. The van der Waals surface area contributed by atoms with Gasteiger partial charge in [0.05, 0.1) is 24.0 Å². The Balaban J connectivity index is 1.43. The summed E-state index contributed by atoms with van der Waals surface area (Å²) >= 11 is 0. The molecule has 0 aliphatic heterocycles. The monoisotopic (exact) mass is 550 g/mol. The Bertz CT molecular complexity index is 1340. The van der Waals surface area contributed by atoms with Crippen molar-refractivity contribution in [2.45, 2.75) is 63.7 Å².